The van der Waals surface area contributed by atoms with E-state index in [0.29, 0.717) is 45.2 Å². The number of hydrogen-bond donors (Lipinski definition) is 1. The summed E-state index contributed by atoms with van der Waals surface area (Å²) >= 11 is 0. The van der Waals surface area contributed by atoms with E-state index < -0.39 is 13.7 Å². The molecule has 2 aromatic rings. The maximum atomic E-state index is 14.7. The molecule has 0 bridgehead atoms. The molecule has 2 saturated heterocycles. The summed E-state index contributed by atoms with van der Waals surface area (Å²) in [5.41, 5.74) is 1.15. The molecular weight excluding hydrogens is 564 g/mol. The van der Waals surface area contributed by atoms with E-state index in [1.807, 2.05) is 30.3 Å². The first-order valence-electron chi connectivity index (χ1n) is 15.4. The third kappa shape index (κ3) is 5.38. The number of anilines is 2. The number of ether oxygens (including phenoxy) is 3. The second kappa shape index (κ2) is 12.4. The van der Waals surface area contributed by atoms with Crippen molar-refractivity contribution in [2.45, 2.75) is 75.8 Å². The van der Waals surface area contributed by atoms with E-state index in [-0.39, 0.29) is 42.0 Å². The average molecular weight is 609 g/mol. The lowest BCUT2D eigenvalue weighted by Crippen LogP contribution is -2.52. The molecule has 0 unspecified atom stereocenters. The highest BCUT2D eigenvalue weighted by Gasteiger charge is 2.66. The molecule has 1 N–H and O–H groups in total. The lowest BCUT2D eigenvalue weighted by Gasteiger charge is -2.37. The molecule has 2 fully saturated rings. The van der Waals surface area contributed by atoms with Crippen molar-refractivity contribution >= 4 is 42.4 Å². The minimum Gasteiger partial charge on any atom is -0.497 e. The van der Waals surface area contributed by atoms with Gasteiger partial charge in [0.15, 0.2) is 5.60 Å². The van der Waals surface area contributed by atoms with E-state index in [2.05, 4.69) is 32.2 Å². The molecule has 0 aromatic heterocycles. The molecule has 2 aromatic carbocycles. The Labute approximate surface area is 255 Å². The summed E-state index contributed by atoms with van der Waals surface area (Å²) < 4.78 is 17.2. The maximum absolute atomic E-state index is 14.7. The van der Waals surface area contributed by atoms with E-state index >= 15 is 0 Å². The van der Waals surface area contributed by atoms with Gasteiger partial charge in [0.2, 0.25) is 5.91 Å². The van der Waals surface area contributed by atoms with Crippen LogP contribution in [0.2, 0.25) is 18.6 Å². The lowest BCUT2D eigenvalue weighted by atomic mass is 9.82. The van der Waals surface area contributed by atoms with E-state index in [1.165, 1.54) is 12.3 Å². The van der Waals surface area contributed by atoms with Crippen LogP contribution >= 0.6 is 0 Å². The molecule has 43 heavy (non-hydrogen) atoms. The number of aliphatic hydroxyl groups excluding tert-OH is 1. The number of hydrogen-bond acceptors (Lipinski definition) is 7. The van der Waals surface area contributed by atoms with Crippen molar-refractivity contribution in [3.63, 3.8) is 0 Å². The third-order valence-corrected chi connectivity index (χ3v) is 14.2. The quantitative estimate of drug-likeness (QED) is 0.233. The van der Waals surface area contributed by atoms with Gasteiger partial charge in [-0.1, -0.05) is 37.3 Å². The van der Waals surface area contributed by atoms with E-state index in [4.69, 9.17) is 14.2 Å². The number of aliphatic hydroxyl groups is 1. The zero-order chi connectivity index (χ0) is 30.9. The normalized spacial score (nSPS) is 25.1. The van der Waals surface area contributed by atoms with Gasteiger partial charge in [-0.25, -0.2) is 0 Å². The Morgan fingerprint density at radius 1 is 1.12 bits per heavy atom. The molecule has 3 heterocycles. The standard InChI is InChI=1S/C33H44N2O7Si/c1-22-31(43(4,5)25-14-12-24(40-2)13-15-25)28(17-20-36)42-33(22)26-21-23(34-19-8-9-29(34)37)11-16-27(26)35(32(33)39)18-7-6-10-30(38)41-3/h11-16,21-22,28,31,36H,6-10,17-20H2,1-5H3/t22-,28+,31-,33+/m1/s1. The van der Waals surface area contributed by atoms with Crippen LogP contribution in [0.4, 0.5) is 11.4 Å². The van der Waals surface area contributed by atoms with E-state index in [1.54, 1.807) is 16.9 Å². The van der Waals surface area contributed by atoms with Gasteiger partial charge in [-0.2, -0.15) is 0 Å². The molecule has 3 aliphatic rings. The molecule has 232 valence electrons. The minimum atomic E-state index is -2.29. The summed E-state index contributed by atoms with van der Waals surface area (Å²) in [6, 6.07) is 14.1. The molecule has 0 saturated carbocycles. The smallest absolute Gasteiger partial charge is 0.305 e. The highest BCUT2D eigenvalue weighted by Crippen LogP contribution is 2.60. The number of unbranched alkanes of at least 4 members (excludes halogenated alkanes) is 1. The summed E-state index contributed by atoms with van der Waals surface area (Å²) in [4.78, 5) is 42.7. The van der Waals surface area contributed by atoms with Crippen LogP contribution in [0.25, 0.3) is 0 Å². The van der Waals surface area contributed by atoms with Gasteiger partial charge in [0, 0.05) is 49.7 Å². The van der Waals surface area contributed by atoms with Crippen molar-refractivity contribution in [1.82, 2.24) is 0 Å². The molecular formula is C33H44N2O7Si. The van der Waals surface area contributed by atoms with E-state index in [9.17, 15) is 19.5 Å². The summed E-state index contributed by atoms with van der Waals surface area (Å²) in [7, 11) is 0.743. The van der Waals surface area contributed by atoms with Crippen LogP contribution in [0.15, 0.2) is 42.5 Å². The Morgan fingerprint density at radius 3 is 2.49 bits per heavy atom. The van der Waals surface area contributed by atoms with Crippen molar-refractivity contribution in [3.8, 4) is 5.75 Å². The van der Waals surface area contributed by atoms with E-state index in [0.717, 1.165) is 29.1 Å². The van der Waals surface area contributed by atoms with Gasteiger partial charge < -0.3 is 29.1 Å². The summed E-state index contributed by atoms with van der Waals surface area (Å²) in [5.74, 6) is 0.311. The topological polar surface area (TPSA) is 106 Å². The average Bonchev–Trinajstić information content (AvgIpc) is 3.64. The number of fused-ring (bicyclic) bond motifs is 2. The SMILES string of the molecule is COC(=O)CCCCN1C(=O)[C@@]2(O[C@@H](CCO)[C@H]([Si](C)(C)c3ccc(OC)cc3)[C@H]2C)c2cc(N3CCCC3=O)ccc21. The Kier molecular flexibility index (Phi) is 9.01. The predicted octanol–water partition coefficient (Wildman–Crippen LogP) is 4.11. The summed E-state index contributed by atoms with van der Waals surface area (Å²) in [6.45, 7) is 7.80. The van der Waals surface area contributed by atoms with Crippen LogP contribution < -0.4 is 19.7 Å². The Hall–Kier alpha value is -3.21. The van der Waals surface area contributed by atoms with Crippen molar-refractivity contribution in [2.75, 3.05) is 43.7 Å². The number of carbonyl (C=O) groups is 3. The molecule has 4 atom stereocenters. The van der Waals surface area contributed by atoms with Crippen molar-refractivity contribution in [3.05, 3.63) is 48.0 Å². The predicted molar refractivity (Wildman–Crippen MR) is 168 cm³/mol. The Morgan fingerprint density at radius 2 is 1.86 bits per heavy atom. The van der Waals surface area contributed by atoms with Crippen molar-refractivity contribution < 1.29 is 33.7 Å². The monoisotopic (exact) mass is 608 g/mol. The molecule has 2 amide bonds. The number of carbonyl (C=O) groups excluding carboxylic acids is 3. The summed E-state index contributed by atoms with van der Waals surface area (Å²) in [5, 5.41) is 11.4. The zero-order valence-corrected chi connectivity index (χ0v) is 26.9. The van der Waals surface area contributed by atoms with Crippen molar-refractivity contribution in [1.29, 1.82) is 0 Å². The molecule has 5 rings (SSSR count). The van der Waals surface area contributed by atoms with Gasteiger partial charge in [-0.3, -0.25) is 14.4 Å². The van der Waals surface area contributed by atoms with Gasteiger partial charge in [0.05, 0.1) is 34.1 Å². The number of nitrogens with zero attached hydrogens (tertiary/aromatic N) is 2. The van der Waals surface area contributed by atoms with Crippen LogP contribution in [0.1, 0.15) is 51.0 Å². The lowest BCUT2D eigenvalue weighted by molar-refractivity contribution is -0.146. The fourth-order valence-corrected chi connectivity index (χ4v) is 11.7. The Balaban J connectivity index is 1.57. The number of rotatable bonds is 11. The molecule has 3 aliphatic heterocycles. The fourth-order valence-electron chi connectivity index (χ4n) is 7.65. The second-order valence-electron chi connectivity index (χ2n) is 12.5. The highest BCUT2D eigenvalue weighted by molar-refractivity contribution is 6.91. The number of amides is 2. The number of methoxy groups -OCH3 is 2. The molecule has 10 heteroatoms. The summed E-state index contributed by atoms with van der Waals surface area (Å²) in [6.07, 6.45) is 2.95. The number of benzene rings is 2. The van der Waals surface area contributed by atoms with Gasteiger partial charge in [-0.05, 0) is 61.6 Å². The molecule has 0 radical (unpaired) electrons. The molecule has 9 nitrogen and oxygen atoms in total. The Bertz CT molecular complexity index is 1360. The van der Waals surface area contributed by atoms with Crippen LogP contribution in [0.3, 0.4) is 0 Å². The van der Waals surface area contributed by atoms with Crippen LogP contribution in [0.5, 0.6) is 5.75 Å². The van der Waals surface area contributed by atoms with Crippen LogP contribution in [0, 0.1) is 5.92 Å². The first kappa shape index (κ1) is 31.2. The van der Waals surface area contributed by atoms with Gasteiger partial charge in [-0.15, -0.1) is 0 Å². The fraction of sp³-hybridized carbons (Fsp3) is 0.545. The highest BCUT2D eigenvalue weighted by atomic mass is 28.3. The van der Waals surface area contributed by atoms with Crippen LogP contribution in [-0.4, -0.2) is 71.0 Å². The van der Waals surface area contributed by atoms with Gasteiger partial charge in [0.1, 0.15) is 5.75 Å². The zero-order valence-electron chi connectivity index (χ0n) is 25.9. The van der Waals surface area contributed by atoms with Gasteiger partial charge in [0.25, 0.3) is 5.91 Å². The first-order chi connectivity index (χ1) is 20.6. The molecule has 0 aliphatic carbocycles. The first-order valence-corrected chi connectivity index (χ1v) is 18.4. The minimum absolute atomic E-state index is 0.0289. The number of esters is 1. The molecule has 1 spiro atoms. The largest absolute Gasteiger partial charge is 0.497 e. The van der Waals surface area contributed by atoms with Gasteiger partial charge >= 0.3 is 5.97 Å². The third-order valence-electron chi connectivity index (χ3n) is 9.86. The maximum Gasteiger partial charge on any atom is 0.305 e. The second-order valence-corrected chi connectivity index (χ2v) is 17.2. The van der Waals surface area contributed by atoms with Crippen LogP contribution in [-0.2, 0) is 29.5 Å². The van der Waals surface area contributed by atoms with Crippen molar-refractivity contribution in [2.24, 2.45) is 5.92 Å².